The predicted octanol–water partition coefficient (Wildman–Crippen LogP) is 22.3. The molecule has 0 spiro atoms. The Balaban J connectivity index is 0.651. The minimum atomic E-state index is 0.563. The number of benzene rings is 13. The van der Waals surface area contributed by atoms with E-state index in [1.54, 1.807) is 0 Å². The van der Waals surface area contributed by atoms with Crippen LogP contribution in [-0.4, -0.2) is 39.0 Å². The van der Waals surface area contributed by atoms with Gasteiger partial charge < -0.3 is 0 Å². The smallest absolute Gasteiger partial charge is 0.238 e. The molecule has 6 heterocycles. The number of para-hydroxylation sites is 2. The standard InChI is InChI=1S/C84H50N8S2/c1-3-17-51(18-4-1)52-33-39-56(40-34-52)81-86-82(90-84(89-81)92-70-30-12-8-28-68(70)76-72(92)48-46-66-64-26-10-14-32-74(64)94-78(66)76)58-43-37-54(38-44-58)60-22-16-24-62(50-60)61-23-15-21-59(49-61)53-35-41-57(42-36-53)80-85-79(55-19-5-2-6-20-55)87-83(88-80)91-69-29-11-7-27-67(69)75-71(91)47-45-65-63-25-9-13-31-73(63)93-77(65)75/h1-50H. The second kappa shape index (κ2) is 21.8. The third-order valence-corrected chi connectivity index (χ3v) is 20.7. The van der Waals surface area contributed by atoms with E-state index in [-0.39, 0.29) is 0 Å². The van der Waals surface area contributed by atoms with Crippen LogP contribution in [0.25, 0.3) is 186 Å². The molecule has 6 aromatic heterocycles. The summed E-state index contributed by atoms with van der Waals surface area (Å²) in [6.45, 7) is 0. The number of fused-ring (bicyclic) bond motifs is 14. The summed E-state index contributed by atoms with van der Waals surface area (Å²) in [4.78, 5) is 31.6. The lowest BCUT2D eigenvalue weighted by molar-refractivity contribution is 0.953. The first-order valence-electron chi connectivity index (χ1n) is 31.4. The fourth-order valence-corrected chi connectivity index (χ4v) is 16.3. The van der Waals surface area contributed by atoms with Crippen LogP contribution in [0.3, 0.4) is 0 Å². The van der Waals surface area contributed by atoms with Gasteiger partial charge in [-0.3, -0.25) is 9.13 Å². The van der Waals surface area contributed by atoms with E-state index in [9.17, 15) is 0 Å². The molecule has 10 heteroatoms. The summed E-state index contributed by atoms with van der Waals surface area (Å²) in [5.74, 6) is 3.54. The predicted molar refractivity (Wildman–Crippen MR) is 391 cm³/mol. The summed E-state index contributed by atoms with van der Waals surface area (Å²) < 4.78 is 9.49. The van der Waals surface area contributed by atoms with Crippen LogP contribution in [0.15, 0.2) is 303 Å². The maximum atomic E-state index is 5.36. The summed E-state index contributed by atoms with van der Waals surface area (Å²) in [7, 11) is 0. The van der Waals surface area contributed by atoms with Crippen LogP contribution in [0.5, 0.6) is 0 Å². The van der Waals surface area contributed by atoms with Crippen molar-refractivity contribution in [1.82, 2.24) is 39.0 Å². The molecule has 0 fully saturated rings. The average molecular weight is 1240 g/mol. The summed E-state index contributed by atoms with van der Waals surface area (Å²) in [5, 5.41) is 9.79. The Labute approximate surface area is 547 Å². The molecular weight excluding hydrogens is 1190 g/mol. The molecule has 438 valence electrons. The molecule has 0 radical (unpaired) electrons. The van der Waals surface area contributed by atoms with Gasteiger partial charge >= 0.3 is 0 Å². The van der Waals surface area contributed by atoms with Gasteiger partial charge in [-0.2, -0.15) is 19.9 Å². The first kappa shape index (κ1) is 53.7. The zero-order chi connectivity index (χ0) is 61.8. The Morgan fingerprint density at radius 2 is 0.500 bits per heavy atom. The Morgan fingerprint density at radius 1 is 0.202 bits per heavy atom. The highest BCUT2D eigenvalue weighted by atomic mass is 32.1. The number of nitrogens with zero attached hydrogens (tertiary/aromatic N) is 8. The van der Waals surface area contributed by atoms with Crippen molar-refractivity contribution < 1.29 is 0 Å². The first-order chi connectivity index (χ1) is 46.6. The van der Waals surface area contributed by atoms with Crippen LogP contribution in [0.1, 0.15) is 0 Å². The summed E-state index contributed by atoms with van der Waals surface area (Å²) in [6, 6.07) is 107. The lowest BCUT2D eigenvalue weighted by Crippen LogP contribution is -2.06. The van der Waals surface area contributed by atoms with Gasteiger partial charge in [-0.1, -0.05) is 255 Å². The highest BCUT2D eigenvalue weighted by Crippen LogP contribution is 2.46. The monoisotopic (exact) mass is 1230 g/mol. The van der Waals surface area contributed by atoms with Gasteiger partial charge in [0.05, 0.1) is 22.1 Å². The van der Waals surface area contributed by atoms with E-state index >= 15 is 0 Å². The van der Waals surface area contributed by atoms with E-state index in [2.05, 4.69) is 288 Å². The second-order valence-corrected chi connectivity index (χ2v) is 25.9. The van der Waals surface area contributed by atoms with Gasteiger partial charge in [0.25, 0.3) is 0 Å². The van der Waals surface area contributed by atoms with E-state index in [0.29, 0.717) is 35.2 Å². The molecule has 0 aliphatic heterocycles. The van der Waals surface area contributed by atoms with E-state index in [1.165, 1.54) is 56.5 Å². The van der Waals surface area contributed by atoms with E-state index in [0.717, 1.165) is 94.2 Å². The SMILES string of the molecule is c1ccc(-c2ccc(-c3nc(-c4ccc(-c5cccc(-c6cccc(-c7ccc(-c8nc(-c9ccccc9)nc(-n9c%10ccccc%10c%10c%11sc%12ccccc%12c%11ccc%109)n8)cc7)c6)c5)cc4)nc(-n4c5ccccc5c5c6sc7ccccc7c6ccc54)n3)cc2)cc1. The van der Waals surface area contributed by atoms with Crippen molar-refractivity contribution in [2.24, 2.45) is 0 Å². The number of hydrogen-bond acceptors (Lipinski definition) is 8. The highest BCUT2D eigenvalue weighted by Gasteiger charge is 2.24. The highest BCUT2D eigenvalue weighted by molar-refractivity contribution is 7.27. The van der Waals surface area contributed by atoms with Gasteiger partial charge in [0.15, 0.2) is 23.3 Å². The van der Waals surface area contributed by atoms with Gasteiger partial charge in [-0.25, -0.2) is 9.97 Å². The zero-order valence-corrected chi connectivity index (χ0v) is 51.9. The molecule has 0 unspecified atom stereocenters. The number of hydrogen-bond donors (Lipinski definition) is 0. The Hall–Kier alpha value is -12.1. The summed E-state index contributed by atoms with van der Waals surface area (Å²) in [5.41, 5.74) is 16.7. The fraction of sp³-hybridized carbons (Fsp3) is 0. The largest absolute Gasteiger partial charge is 0.278 e. The minimum Gasteiger partial charge on any atom is -0.278 e. The van der Waals surface area contributed by atoms with Crippen LogP contribution >= 0.6 is 22.7 Å². The van der Waals surface area contributed by atoms with Crippen molar-refractivity contribution in [3.8, 4) is 102 Å². The van der Waals surface area contributed by atoms with Crippen molar-refractivity contribution in [2.45, 2.75) is 0 Å². The molecule has 8 nitrogen and oxygen atoms in total. The van der Waals surface area contributed by atoms with E-state index in [1.807, 2.05) is 46.9 Å². The van der Waals surface area contributed by atoms with Crippen molar-refractivity contribution >= 4 is 107 Å². The molecule has 0 amide bonds. The van der Waals surface area contributed by atoms with Crippen LogP contribution in [0, 0.1) is 0 Å². The van der Waals surface area contributed by atoms with Gasteiger partial charge in [0, 0.05) is 84.1 Å². The average Bonchev–Trinajstić information content (AvgIpc) is 1.57. The second-order valence-electron chi connectivity index (χ2n) is 23.8. The number of thiophene rings is 2. The number of aromatic nitrogens is 8. The van der Waals surface area contributed by atoms with Crippen LogP contribution in [-0.2, 0) is 0 Å². The molecule has 13 aromatic carbocycles. The first-order valence-corrected chi connectivity index (χ1v) is 33.0. The molecule has 0 saturated carbocycles. The maximum absolute atomic E-state index is 5.36. The molecule has 0 saturated heterocycles. The van der Waals surface area contributed by atoms with Gasteiger partial charge in [-0.15, -0.1) is 22.7 Å². The van der Waals surface area contributed by atoms with Crippen molar-refractivity contribution in [3.63, 3.8) is 0 Å². The van der Waals surface area contributed by atoms with Crippen molar-refractivity contribution in [2.75, 3.05) is 0 Å². The quantitative estimate of drug-likeness (QED) is 0.136. The maximum Gasteiger partial charge on any atom is 0.238 e. The summed E-state index contributed by atoms with van der Waals surface area (Å²) >= 11 is 3.68. The molecule has 0 bridgehead atoms. The van der Waals surface area contributed by atoms with Gasteiger partial charge in [-0.05, 0) is 93.0 Å². The molecule has 94 heavy (non-hydrogen) atoms. The van der Waals surface area contributed by atoms with Crippen LogP contribution in [0.2, 0.25) is 0 Å². The number of rotatable bonds is 10. The third kappa shape index (κ3) is 8.94. The minimum absolute atomic E-state index is 0.563. The topological polar surface area (TPSA) is 87.2 Å². The van der Waals surface area contributed by atoms with Gasteiger partial charge in [0.1, 0.15) is 0 Å². The van der Waals surface area contributed by atoms with E-state index < -0.39 is 0 Å². The molecular formula is C84H50N8S2. The Kier molecular flexibility index (Phi) is 12.5. The lowest BCUT2D eigenvalue weighted by Gasteiger charge is -2.12. The Bertz CT molecular complexity index is 6210. The van der Waals surface area contributed by atoms with E-state index in [4.69, 9.17) is 29.9 Å². The summed E-state index contributed by atoms with van der Waals surface area (Å²) in [6.07, 6.45) is 0. The van der Waals surface area contributed by atoms with Gasteiger partial charge in [0.2, 0.25) is 11.9 Å². The Morgan fingerprint density at radius 3 is 0.915 bits per heavy atom. The molecule has 19 aromatic rings. The molecule has 19 rings (SSSR count). The molecule has 0 N–H and O–H groups in total. The van der Waals surface area contributed by atoms with Crippen molar-refractivity contribution in [1.29, 1.82) is 0 Å². The zero-order valence-electron chi connectivity index (χ0n) is 50.3. The third-order valence-electron chi connectivity index (χ3n) is 18.3. The molecule has 0 aliphatic rings. The lowest BCUT2D eigenvalue weighted by atomic mass is 9.95. The molecule has 0 aliphatic carbocycles. The fourth-order valence-electron chi connectivity index (χ4n) is 13.8. The van der Waals surface area contributed by atoms with Crippen LogP contribution < -0.4 is 0 Å². The molecule has 0 atom stereocenters. The van der Waals surface area contributed by atoms with Crippen LogP contribution in [0.4, 0.5) is 0 Å². The normalized spacial score (nSPS) is 11.8. The van der Waals surface area contributed by atoms with Crippen molar-refractivity contribution in [3.05, 3.63) is 303 Å².